The van der Waals surface area contributed by atoms with Crippen molar-refractivity contribution in [1.82, 2.24) is 10.3 Å². The molecule has 3 rings (SSSR count). The third-order valence-electron chi connectivity index (χ3n) is 5.03. The van der Waals surface area contributed by atoms with Crippen LogP contribution in [0.2, 0.25) is 0 Å². The van der Waals surface area contributed by atoms with Gasteiger partial charge in [-0.1, -0.05) is 30.3 Å². The Hall–Kier alpha value is -3.29. The summed E-state index contributed by atoms with van der Waals surface area (Å²) in [6.07, 6.45) is 1.61. The van der Waals surface area contributed by atoms with Gasteiger partial charge in [0.15, 0.2) is 0 Å². The summed E-state index contributed by atoms with van der Waals surface area (Å²) in [5.41, 5.74) is 8.64. The molecule has 0 radical (unpaired) electrons. The Morgan fingerprint density at radius 1 is 1.00 bits per heavy atom. The fraction of sp³-hybridized carbons (Fsp3) is 0.240. The van der Waals surface area contributed by atoms with Gasteiger partial charge in [-0.3, -0.25) is 9.59 Å². The smallest absolute Gasteiger partial charge is 0.274 e. The summed E-state index contributed by atoms with van der Waals surface area (Å²) >= 11 is 1.32. The molecule has 166 valence electrons. The largest absolute Gasteiger partial charge is 0.313 e. The molecule has 2 amide bonds. The lowest BCUT2D eigenvalue weighted by atomic mass is 10.1. The number of hydrazone groups is 1. The molecule has 1 heterocycles. The van der Waals surface area contributed by atoms with Crippen LogP contribution in [0.5, 0.6) is 0 Å². The van der Waals surface area contributed by atoms with Crippen LogP contribution in [-0.4, -0.2) is 37.0 Å². The zero-order valence-corrected chi connectivity index (χ0v) is 19.8. The van der Waals surface area contributed by atoms with E-state index in [2.05, 4.69) is 15.8 Å². The first-order valence-corrected chi connectivity index (χ1v) is 11.2. The maximum absolute atomic E-state index is 12.8. The number of benzene rings is 2. The molecule has 6 nitrogen and oxygen atoms in total. The number of carbonyl (C=O) groups excluding carboxylic acids is 2. The Kier molecular flexibility index (Phi) is 7.56. The molecule has 2 aromatic carbocycles. The third kappa shape index (κ3) is 5.90. The molecule has 0 fully saturated rings. The van der Waals surface area contributed by atoms with E-state index in [9.17, 15) is 9.59 Å². The van der Waals surface area contributed by atoms with Gasteiger partial charge in [0.2, 0.25) is 0 Å². The maximum Gasteiger partial charge on any atom is 0.274 e. The van der Waals surface area contributed by atoms with E-state index in [1.807, 2.05) is 81.5 Å². The summed E-state index contributed by atoms with van der Waals surface area (Å²) in [7, 11) is 3.96. The van der Waals surface area contributed by atoms with E-state index >= 15 is 0 Å². The van der Waals surface area contributed by atoms with Gasteiger partial charge in [-0.05, 0) is 80.2 Å². The molecule has 3 aromatic rings. The Balaban J connectivity index is 1.71. The molecule has 0 unspecified atom stereocenters. The van der Waals surface area contributed by atoms with Gasteiger partial charge in [-0.2, -0.15) is 5.10 Å². The van der Waals surface area contributed by atoms with Crippen molar-refractivity contribution >= 4 is 34.4 Å². The number of thiophene rings is 1. The Morgan fingerprint density at radius 2 is 1.78 bits per heavy atom. The minimum atomic E-state index is -0.361. The SMILES string of the molecule is Cc1ccc(C=NNC(=O)c2c(C)csc2NC(=O)c2cccc(CN(C)C)c2)cc1C. The van der Waals surface area contributed by atoms with Crippen LogP contribution in [-0.2, 0) is 6.54 Å². The number of rotatable bonds is 7. The number of amides is 2. The van der Waals surface area contributed by atoms with Gasteiger partial charge < -0.3 is 10.2 Å². The highest BCUT2D eigenvalue weighted by atomic mass is 32.1. The van der Waals surface area contributed by atoms with Crippen LogP contribution in [0.15, 0.2) is 52.9 Å². The highest BCUT2D eigenvalue weighted by Gasteiger charge is 2.19. The van der Waals surface area contributed by atoms with Gasteiger partial charge in [0, 0.05) is 12.1 Å². The van der Waals surface area contributed by atoms with E-state index in [1.54, 1.807) is 12.3 Å². The molecule has 32 heavy (non-hydrogen) atoms. The van der Waals surface area contributed by atoms with Gasteiger partial charge in [0.25, 0.3) is 11.8 Å². The molecular formula is C25H28N4O2S. The number of carbonyl (C=O) groups is 2. The van der Waals surface area contributed by atoms with Gasteiger partial charge in [-0.25, -0.2) is 5.43 Å². The summed E-state index contributed by atoms with van der Waals surface area (Å²) in [4.78, 5) is 27.6. The predicted molar refractivity (Wildman–Crippen MR) is 132 cm³/mol. The van der Waals surface area contributed by atoms with Crippen molar-refractivity contribution in [1.29, 1.82) is 0 Å². The van der Waals surface area contributed by atoms with Crippen molar-refractivity contribution in [3.63, 3.8) is 0 Å². The molecule has 0 aliphatic carbocycles. The van der Waals surface area contributed by atoms with Crippen LogP contribution in [0.1, 0.15) is 48.5 Å². The van der Waals surface area contributed by atoms with Crippen LogP contribution in [0, 0.1) is 20.8 Å². The lowest BCUT2D eigenvalue weighted by Gasteiger charge is -2.11. The highest BCUT2D eigenvalue weighted by molar-refractivity contribution is 7.15. The monoisotopic (exact) mass is 448 g/mol. The second kappa shape index (κ2) is 10.3. The van der Waals surface area contributed by atoms with Crippen molar-refractivity contribution in [2.75, 3.05) is 19.4 Å². The second-order valence-electron chi connectivity index (χ2n) is 8.06. The molecule has 7 heteroatoms. The average molecular weight is 449 g/mol. The Labute approximate surface area is 193 Å². The normalized spacial score (nSPS) is 11.2. The van der Waals surface area contributed by atoms with Crippen molar-refractivity contribution in [3.8, 4) is 0 Å². The van der Waals surface area contributed by atoms with E-state index in [-0.39, 0.29) is 11.8 Å². The highest BCUT2D eigenvalue weighted by Crippen LogP contribution is 2.28. The number of hydrogen-bond donors (Lipinski definition) is 2. The summed E-state index contributed by atoms with van der Waals surface area (Å²) in [6.45, 7) is 6.66. The van der Waals surface area contributed by atoms with Crippen molar-refractivity contribution < 1.29 is 9.59 Å². The van der Waals surface area contributed by atoms with Gasteiger partial charge in [0.1, 0.15) is 5.00 Å². The van der Waals surface area contributed by atoms with E-state index in [1.165, 1.54) is 16.9 Å². The number of anilines is 1. The molecule has 0 saturated heterocycles. The van der Waals surface area contributed by atoms with Crippen molar-refractivity contribution in [3.05, 3.63) is 86.8 Å². The molecule has 0 spiro atoms. The zero-order chi connectivity index (χ0) is 23.3. The van der Waals surface area contributed by atoms with Gasteiger partial charge in [-0.15, -0.1) is 11.3 Å². The first-order chi connectivity index (χ1) is 15.2. The number of hydrogen-bond acceptors (Lipinski definition) is 5. The van der Waals surface area contributed by atoms with Gasteiger partial charge >= 0.3 is 0 Å². The summed E-state index contributed by atoms with van der Waals surface area (Å²) < 4.78 is 0. The molecule has 0 saturated carbocycles. The van der Waals surface area contributed by atoms with E-state index in [4.69, 9.17) is 0 Å². The Bertz CT molecular complexity index is 1160. The molecule has 1 aromatic heterocycles. The minimum absolute atomic E-state index is 0.250. The van der Waals surface area contributed by atoms with E-state index < -0.39 is 0 Å². The first kappa shape index (κ1) is 23.4. The fourth-order valence-corrected chi connectivity index (χ4v) is 4.17. The van der Waals surface area contributed by atoms with Crippen LogP contribution in [0.25, 0.3) is 0 Å². The molecule has 2 N–H and O–H groups in total. The van der Waals surface area contributed by atoms with E-state index in [0.717, 1.165) is 28.8 Å². The summed E-state index contributed by atoms with van der Waals surface area (Å²) in [5.74, 6) is -0.611. The zero-order valence-electron chi connectivity index (χ0n) is 19.0. The topological polar surface area (TPSA) is 73.8 Å². The number of nitrogens with one attached hydrogen (secondary N) is 2. The molecule has 0 aliphatic rings. The maximum atomic E-state index is 12.8. The minimum Gasteiger partial charge on any atom is -0.313 e. The van der Waals surface area contributed by atoms with Crippen molar-refractivity contribution in [2.45, 2.75) is 27.3 Å². The van der Waals surface area contributed by atoms with Crippen LogP contribution in [0.3, 0.4) is 0 Å². The molecule has 0 atom stereocenters. The van der Waals surface area contributed by atoms with Crippen molar-refractivity contribution in [2.24, 2.45) is 5.10 Å². The van der Waals surface area contributed by atoms with E-state index in [0.29, 0.717) is 16.1 Å². The molecule has 0 bridgehead atoms. The number of aryl methyl sites for hydroxylation is 3. The first-order valence-electron chi connectivity index (χ1n) is 10.3. The lowest BCUT2D eigenvalue weighted by molar-refractivity contribution is 0.0956. The quantitative estimate of drug-likeness (QED) is 0.405. The predicted octanol–water partition coefficient (Wildman–Crippen LogP) is 4.75. The standard InChI is InChI=1S/C25H28N4O2S/c1-16-9-10-19(11-17(16)2)13-26-28-24(31)22-18(3)15-32-25(22)27-23(30)21-8-6-7-20(12-21)14-29(4)5/h6-13,15H,14H2,1-5H3,(H,27,30)(H,28,31). The van der Waals surface area contributed by atoms with Crippen LogP contribution in [0.4, 0.5) is 5.00 Å². The average Bonchev–Trinajstić information content (AvgIpc) is 3.10. The fourth-order valence-electron chi connectivity index (χ4n) is 3.24. The molecular weight excluding hydrogens is 420 g/mol. The summed E-state index contributed by atoms with van der Waals surface area (Å²) in [6, 6.07) is 13.5. The number of nitrogens with zero attached hydrogens (tertiary/aromatic N) is 2. The molecule has 0 aliphatic heterocycles. The third-order valence-corrected chi connectivity index (χ3v) is 6.04. The Morgan fingerprint density at radius 3 is 2.50 bits per heavy atom. The van der Waals surface area contributed by atoms with Gasteiger partial charge in [0.05, 0.1) is 11.8 Å². The van der Waals surface area contributed by atoms with Crippen LogP contribution < -0.4 is 10.7 Å². The summed E-state index contributed by atoms with van der Waals surface area (Å²) in [5, 5.41) is 9.33. The van der Waals surface area contributed by atoms with Crippen LogP contribution >= 0.6 is 11.3 Å². The second-order valence-corrected chi connectivity index (χ2v) is 8.94. The lowest BCUT2D eigenvalue weighted by Crippen LogP contribution is -2.21.